The van der Waals surface area contributed by atoms with Crippen LogP contribution >= 0.6 is 11.8 Å². The predicted molar refractivity (Wildman–Crippen MR) is 121 cm³/mol. The molecule has 2 N–H and O–H groups in total. The van der Waals surface area contributed by atoms with Gasteiger partial charge in [0.2, 0.25) is 0 Å². The van der Waals surface area contributed by atoms with Crippen molar-refractivity contribution in [1.29, 1.82) is 0 Å². The zero-order valence-corrected chi connectivity index (χ0v) is 19.1. The quantitative estimate of drug-likeness (QED) is 0.366. The number of carbonyl (C=O) groups excluding carboxylic acids is 2. The highest BCUT2D eigenvalue weighted by Crippen LogP contribution is 2.39. The molecule has 0 atom stereocenters. The highest BCUT2D eigenvalue weighted by molar-refractivity contribution is 8.00. The molecule has 12 heteroatoms. The lowest BCUT2D eigenvalue weighted by Gasteiger charge is -2.27. The Bertz CT molecular complexity index is 1180. The molecule has 3 amide bonds. The van der Waals surface area contributed by atoms with Crippen LogP contribution in [0.2, 0.25) is 0 Å². The van der Waals surface area contributed by atoms with E-state index in [9.17, 15) is 22.8 Å². The molecule has 8 nitrogen and oxygen atoms in total. The SMILES string of the molecule is CC1(C)C(=O)N(c2ccc(SC(F)(F)F)cc2)C(=O)N1Cc1ccnc(NCc2ncc[nH]2)c1. The molecule has 178 valence electrons. The Kier molecular flexibility index (Phi) is 6.26. The van der Waals surface area contributed by atoms with E-state index in [2.05, 4.69) is 20.3 Å². The van der Waals surface area contributed by atoms with Crippen LogP contribution in [0.3, 0.4) is 0 Å². The van der Waals surface area contributed by atoms with Gasteiger partial charge in [-0.2, -0.15) is 13.2 Å². The number of carbonyl (C=O) groups is 2. The first-order valence-electron chi connectivity index (χ1n) is 10.2. The molecule has 1 aliphatic rings. The van der Waals surface area contributed by atoms with E-state index in [1.807, 2.05) is 0 Å². The third-order valence-corrected chi connectivity index (χ3v) is 6.05. The number of aromatic nitrogens is 3. The van der Waals surface area contributed by atoms with Gasteiger partial charge in [-0.1, -0.05) is 0 Å². The van der Waals surface area contributed by atoms with E-state index in [1.165, 1.54) is 29.2 Å². The highest BCUT2D eigenvalue weighted by atomic mass is 32.2. The second kappa shape index (κ2) is 9.01. The van der Waals surface area contributed by atoms with Gasteiger partial charge in [-0.25, -0.2) is 19.7 Å². The molecular formula is C22H21F3N6O2S. The third-order valence-electron chi connectivity index (χ3n) is 5.31. The number of pyridine rings is 1. The first kappa shape index (κ1) is 23.6. The minimum absolute atomic E-state index is 0.0298. The molecule has 0 radical (unpaired) electrons. The van der Waals surface area contributed by atoms with Crippen molar-refractivity contribution in [3.63, 3.8) is 0 Å². The van der Waals surface area contributed by atoms with Crippen LogP contribution in [0.15, 0.2) is 59.9 Å². The number of alkyl halides is 3. The molecule has 1 saturated heterocycles. The van der Waals surface area contributed by atoms with Crippen molar-refractivity contribution >= 4 is 35.2 Å². The van der Waals surface area contributed by atoms with Gasteiger partial charge >= 0.3 is 11.5 Å². The molecule has 0 bridgehead atoms. The average molecular weight is 491 g/mol. The van der Waals surface area contributed by atoms with Crippen LogP contribution in [-0.2, 0) is 17.9 Å². The van der Waals surface area contributed by atoms with Gasteiger partial charge in [0.15, 0.2) is 0 Å². The Morgan fingerprint density at radius 2 is 1.82 bits per heavy atom. The summed E-state index contributed by atoms with van der Waals surface area (Å²) in [7, 11) is 0. The number of aromatic amines is 1. The fourth-order valence-electron chi connectivity index (χ4n) is 3.55. The molecule has 1 fully saturated rings. The Labute approximate surface area is 197 Å². The molecule has 2 aromatic heterocycles. The number of amides is 3. The van der Waals surface area contributed by atoms with E-state index in [0.29, 0.717) is 12.4 Å². The van der Waals surface area contributed by atoms with Crippen molar-refractivity contribution in [3.05, 3.63) is 66.4 Å². The van der Waals surface area contributed by atoms with Crippen LogP contribution in [-0.4, -0.2) is 42.8 Å². The number of hydrogen-bond acceptors (Lipinski definition) is 6. The number of imide groups is 1. The topological polar surface area (TPSA) is 94.2 Å². The lowest BCUT2D eigenvalue weighted by molar-refractivity contribution is -0.123. The number of benzene rings is 1. The van der Waals surface area contributed by atoms with Gasteiger partial charge in [0.05, 0.1) is 12.2 Å². The van der Waals surface area contributed by atoms with Crippen molar-refractivity contribution in [1.82, 2.24) is 19.9 Å². The minimum atomic E-state index is -4.42. The summed E-state index contributed by atoms with van der Waals surface area (Å²) in [6, 6.07) is 8.14. The maximum absolute atomic E-state index is 13.2. The van der Waals surface area contributed by atoms with E-state index in [1.54, 1.807) is 44.6 Å². The van der Waals surface area contributed by atoms with E-state index in [-0.39, 0.29) is 28.9 Å². The van der Waals surface area contributed by atoms with Gasteiger partial charge in [-0.05, 0) is 67.6 Å². The number of imidazole rings is 1. The first-order chi connectivity index (χ1) is 16.0. The number of H-pyrrole nitrogens is 1. The zero-order valence-electron chi connectivity index (χ0n) is 18.3. The van der Waals surface area contributed by atoms with Crippen molar-refractivity contribution in [2.75, 3.05) is 10.2 Å². The molecular weight excluding hydrogens is 469 g/mol. The van der Waals surface area contributed by atoms with Gasteiger partial charge in [-0.3, -0.25) is 4.79 Å². The number of nitrogens with zero attached hydrogens (tertiary/aromatic N) is 4. The second-order valence-electron chi connectivity index (χ2n) is 8.05. The van der Waals surface area contributed by atoms with Crippen molar-refractivity contribution in [3.8, 4) is 0 Å². The molecule has 34 heavy (non-hydrogen) atoms. The molecule has 0 unspecified atom stereocenters. The molecule has 0 saturated carbocycles. The maximum Gasteiger partial charge on any atom is 0.446 e. The number of halogens is 3. The van der Waals surface area contributed by atoms with Crippen LogP contribution in [0, 0.1) is 0 Å². The van der Waals surface area contributed by atoms with Gasteiger partial charge in [0.1, 0.15) is 17.2 Å². The summed E-state index contributed by atoms with van der Waals surface area (Å²) in [5, 5.41) is 3.14. The number of hydrogen-bond donors (Lipinski definition) is 2. The maximum atomic E-state index is 13.2. The third kappa shape index (κ3) is 5.01. The lowest BCUT2D eigenvalue weighted by Crippen LogP contribution is -2.43. The Morgan fingerprint density at radius 3 is 2.47 bits per heavy atom. The van der Waals surface area contributed by atoms with Crippen molar-refractivity contribution < 1.29 is 22.8 Å². The van der Waals surface area contributed by atoms with E-state index >= 15 is 0 Å². The summed E-state index contributed by atoms with van der Waals surface area (Å²) in [4.78, 5) is 40.1. The van der Waals surface area contributed by atoms with Gasteiger partial charge in [-0.15, -0.1) is 0 Å². The zero-order chi connectivity index (χ0) is 24.5. The fourth-order valence-corrected chi connectivity index (χ4v) is 4.09. The molecule has 3 aromatic rings. The standard InChI is InChI=1S/C22H21F3N6O2S/c1-21(2)19(32)31(15-3-5-16(6-4-15)34-22(23,24)25)20(33)30(21)13-14-7-8-26-17(11-14)29-12-18-27-9-10-28-18/h3-11H,12-13H2,1-2H3,(H,26,29)(H,27,28). The van der Waals surface area contributed by atoms with E-state index in [4.69, 9.17) is 0 Å². The van der Waals surface area contributed by atoms with Crippen LogP contribution in [0.5, 0.6) is 0 Å². The summed E-state index contributed by atoms with van der Waals surface area (Å²) in [5.41, 5.74) is -4.60. The van der Waals surface area contributed by atoms with Gasteiger partial charge in [0.25, 0.3) is 5.91 Å². The molecule has 3 heterocycles. The minimum Gasteiger partial charge on any atom is -0.363 e. The van der Waals surface area contributed by atoms with Crippen LogP contribution < -0.4 is 10.2 Å². The van der Waals surface area contributed by atoms with Crippen LogP contribution in [0.1, 0.15) is 25.2 Å². The van der Waals surface area contributed by atoms with Gasteiger partial charge in [0, 0.05) is 30.0 Å². The Balaban J connectivity index is 1.50. The predicted octanol–water partition coefficient (Wildman–Crippen LogP) is 4.78. The van der Waals surface area contributed by atoms with Crippen LogP contribution in [0.25, 0.3) is 0 Å². The van der Waals surface area contributed by atoms with Gasteiger partial charge < -0.3 is 15.2 Å². The summed E-state index contributed by atoms with van der Waals surface area (Å²) in [5.74, 6) is 0.863. The molecule has 0 spiro atoms. The molecule has 0 aliphatic carbocycles. The fraction of sp³-hybridized carbons (Fsp3) is 0.273. The van der Waals surface area contributed by atoms with E-state index in [0.717, 1.165) is 16.3 Å². The van der Waals surface area contributed by atoms with Crippen LogP contribution in [0.4, 0.5) is 29.5 Å². The Hall–Kier alpha value is -3.54. The lowest BCUT2D eigenvalue weighted by atomic mass is 10.0. The van der Waals surface area contributed by atoms with E-state index < -0.39 is 23.0 Å². The summed E-state index contributed by atoms with van der Waals surface area (Å²) < 4.78 is 37.8. The molecule has 4 rings (SSSR count). The average Bonchev–Trinajstić information content (AvgIpc) is 3.35. The highest BCUT2D eigenvalue weighted by Gasteiger charge is 2.51. The summed E-state index contributed by atoms with van der Waals surface area (Å²) >= 11 is -0.257. The first-order valence-corrected chi connectivity index (χ1v) is 11.1. The summed E-state index contributed by atoms with van der Waals surface area (Å²) in [6.45, 7) is 3.86. The second-order valence-corrected chi connectivity index (χ2v) is 9.19. The number of rotatable bonds is 7. The molecule has 1 aliphatic heterocycles. The smallest absolute Gasteiger partial charge is 0.363 e. The number of nitrogens with one attached hydrogen (secondary N) is 2. The largest absolute Gasteiger partial charge is 0.446 e. The molecule has 1 aromatic carbocycles. The van der Waals surface area contributed by atoms with Crippen molar-refractivity contribution in [2.24, 2.45) is 0 Å². The normalized spacial score (nSPS) is 15.8. The number of anilines is 2. The number of urea groups is 1. The van der Waals surface area contributed by atoms with Crippen molar-refractivity contribution in [2.45, 2.75) is 42.9 Å². The number of thioether (sulfide) groups is 1. The monoisotopic (exact) mass is 490 g/mol. The summed E-state index contributed by atoms with van der Waals surface area (Å²) in [6.07, 6.45) is 4.96. The Morgan fingerprint density at radius 1 is 1.09 bits per heavy atom.